The number of amides is 1. The number of halogens is 1. The lowest BCUT2D eigenvalue weighted by Crippen LogP contribution is -2.14. The smallest absolute Gasteiger partial charge is 0.271 e. The molecule has 0 spiro atoms. The van der Waals surface area contributed by atoms with E-state index in [4.69, 9.17) is 16.9 Å². The van der Waals surface area contributed by atoms with E-state index in [1.165, 1.54) is 30.5 Å². The summed E-state index contributed by atoms with van der Waals surface area (Å²) in [7, 11) is 0. The van der Waals surface area contributed by atoms with Gasteiger partial charge >= 0.3 is 0 Å². The Kier molecular flexibility index (Phi) is 5.49. The number of nitrogens with zero attached hydrogens (tertiary/aromatic N) is 2. The number of hydrogen-bond donors (Lipinski definition) is 2. The molecular weight excluding hydrogens is 332 g/mol. The van der Waals surface area contributed by atoms with Crippen LogP contribution in [0.4, 0.5) is 17.1 Å². The SMILES string of the molecule is N#C/C(=C/Nc1ccccc1Cl)C(=O)Nc1cccc([N+](=O)[O-])c1. The second-order valence-electron chi connectivity index (χ2n) is 4.56. The second kappa shape index (κ2) is 7.76. The Hall–Kier alpha value is -3.37. The summed E-state index contributed by atoms with van der Waals surface area (Å²) in [6.07, 6.45) is 1.22. The van der Waals surface area contributed by atoms with Gasteiger partial charge in [-0.3, -0.25) is 14.9 Å². The van der Waals surface area contributed by atoms with Crippen molar-refractivity contribution in [3.8, 4) is 6.07 Å². The number of nitro groups is 1. The molecule has 0 saturated carbocycles. The summed E-state index contributed by atoms with van der Waals surface area (Å²) >= 11 is 5.97. The van der Waals surface area contributed by atoms with Crippen LogP contribution in [0, 0.1) is 21.4 Å². The van der Waals surface area contributed by atoms with Crippen molar-refractivity contribution in [2.45, 2.75) is 0 Å². The van der Waals surface area contributed by atoms with Gasteiger partial charge in [0.15, 0.2) is 0 Å². The van der Waals surface area contributed by atoms with Crippen LogP contribution in [-0.2, 0) is 4.79 Å². The van der Waals surface area contributed by atoms with Crippen LogP contribution in [0.25, 0.3) is 0 Å². The topological polar surface area (TPSA) is 108 Å². The van der Waals surface area contributed by atoms with Gasteiger partial charge in [-0.1, -0.05) is 29.8 Å². The van der Waals surface area contributed by atoms with Crippen molar-refractivity contribution in [3.63, 3.8) is 0 Å². The molecule has 24 heavy (non-hydrogen) atoms. The fourth-order valence-electron chi connectivity index (χ4n) is 1.77. The van der Waals surface area contributed by atoms with Crippen LogP contribution in [0.2, 0.25) is 5.02 Å². The number of nitriles is 1. The number of carbonyl (C=O) groups excluding carboxylic acids is 1. The molecule has 120 valence electrons. The first kappa shape index (κ1) is 17.0. The molecule has 0 fully saturated rings. The fourth-order valence-corrected chi connectivity index (χ4v) is 1.96. The molecule has 0 radical (unpaired) electrons. The third-order valence-corrected chi connectivity index (χ3v) is 3.26. The molecule has 8 heteroatoms. The number of anilines is 2. The second-order valence-corrected chi connectivity index (χ2v) is 4.96. The lowest BCUT2D eigenvalue weighted by Gasteiger charge is -2.06. The largest absolute Gasteiger partial charge is 0.359 e. The summed E-state index contributed by atoms with van der Waals surface area (Å²) in [5.41, 5.74) is 0.383. The van der Waals surface area contributed by atoms with Crippen molar-refractivity contribution in [2.24, 2.45) is 0 Å². The van der Waals surface area contributed by atoms with Crippen molar-refractivity contribution in [3.05, 3.63) is 75.4 Å². The number of rotatable bonds is 5. The highest BCUT2D eigenvalue weighted by molar-refractivity contribution is 6.33. The summed E-state index contributed by atoms with van der Waals surface area (Å²) < 4.78 is 0. The Morgan fingerprint density at radius 1 is 1.25 bits per heavy atom. The minimum absolute atomic E-state index is 0.163. The maximum atomic E-state index is 12.1. The Labute approximate surface area is 142 Å². The molecular formula is C16H11ClN4O3. The third-order valence-electron chi connectivity index (χ3n) is 2.93. The molecule has 0 bridgehead atoms. The van der Waals surface area contributed by atoms with E-state index in [1.807, 2.05) is 0 Å². The zero-order valence-corrected chi connectivity index (χ0v) is 12.9. The Morgan fingerprint density at radius 2 is 2.00 bits per heavy atom. The summed E-state index contributed by atoms with van der Waals surface area (Å²) in [5.74, 6) is -0.697. The van der Waals surface area contributed by atoms with E-state index in [0.717, 1.165) is 0 Å². The average Bonchev–Trinajstić information content (AvgIpc) is 2.57. The number of carbonyl (C=O) groups is 1. The molecule has 2 rings (SSSR count). The van der Waals surface area contributed by atoms with Crippen LogP contribution in [0.3, 0.4) is 0 Å². The highest BCUT2D eigenvalue weighted by Crippen LogP contribution is 2.21. The molecule has 0 heterocycles. The van der Waals surface area contributed by atoms with E-state index in [2.05, 4.69) is 10.6 Å². The van der Waals surface area contributed by atoms with Gasteiger partial charge in [-0.05, 0) is 18.2 Å². The number of para-hydroxylation sites is 1. The molecule has 2 aromatic rings. The number of non-ortho nitro benzene ring substituents is 1. The van der Waals surface area contributed by atoms with Gasteiger partial charge in [0.25, 0.3) is 11.6 Å². The summed E-state index contributed by atoms with van der Waals surface area (Å²) in [4.78, 5) is 22.2. The van der Waals surface area contributed by atoms with Gasteiger partial charge < -0.3 is 10.6 Å². The summed E-state index contributed by atoms with van der Waals surface area (Å²) in [6.45, 7) is 0. The molecule has 0 unspecified atom stereocenters. The van der Waals surface area contributed by atoms with Crippen molar-refractivity contribution in [2.75, 3.05) is 10.6 Å². The zero-order chi connectivity index (χ0) is 17.5. The van der Waals surface area contributed by atoms with Crippen molar-refractivity contribution in [1.29, 1.82) is 5.26 Å². The van der Waals surface area contributed by atoms with Gasteiger partial charge in [0.05, 0.1) is 15.6 Å². The lowest BCUT2D eigenvalue weighted by molar-refractivity contribution is -0.384. The molecule has 1 amide bonds. The number of nitro benzene ring substituents is 1. The predicted octanol–water partition coefficient (Wildman–Crippen LogP) is 3.71. The molecule has 0 aliphatic heterocycles. The van der Waals surface area contributed by atoms with Crippen LogP contribution in [0.1, 0.15) is 0 Å². The predicted molar refractivity (Wildman–Crippen MR) is 90.5 cm³/mol. The van der Waals surface area contributed by atoms with Crippen molar-refractivity contribution >= 4 is 34.6 Å². The molecule has 7 nitrogen and oxygen atoms in total. The quantitative estimate of drug-likeness (QED) is 0.372. The van der Waals surface area contributed by atoms with E-state index in [-0.39, 0.29) is 16.9 Å². The van der Waals surface area contributed by atoms with Crippen LogP contribution >= 0.6 is 11.6 Å². The summed E-state index contributed by atoms with van der Waals surface area (Å²) in [5, 5.41) is 25.5. The number of hydrogen-bond acceptors (Lipinski definition) is 5. The van der Waals surface area contributed by atoms with Crippen LogP contribution in [-0.4, -0.2) is 10.8 Å². The van der Waals surface area contributed by atoms with Crippen molar-refractivity contribution in [1.82, 2.24) is 0 Å². The molecule has 2 aromatic carbocycles. The molecule has 0 atom stereocenters. The standard InChI is InChI=1S/C16H11ClN4O3/c17-14-6-1-2-7-15(14)19-10-11(9-18)16(22)20-12-4-3-5-13(8-12)21(23)24/h1-8,10,19H,(H,20,22)/b11-10-. The van der Waals surface area contributed by atoms with Crippen molar-refractivity contribution < 1.29 is 9.72 Å². The molecule has 0 aliphatic carbocycles. The monoisotopic (exact) mass is 342 g/mol. The first-order valence-corrected chi connectivity index (χ1v) is 7.06. The minimum Gasteiger partial charge on any atom is -0.359 e. The zero-order valence-electron chi connectivity index (χ0n) is 12.2. The average molecular weight is 343 g/mol. The minimum atomic E-state index is -0.697. The van der Waals surface area contributed by atoms with E-state index >= 15 is 0 Å². The molecule has 2 N–H and O–H groups in total. The fraction of sp³-hybridized carbons (Fsp3) is 0. The molecule has 0 aromatic heterocycles. The maximum Gasteiger partial charge on any atom is 0.271 e. The van der Waals surface area contributed by atoms with Crippen LogP contribution in [0.15, 0.2) is 60.3 Å². The highest BCUT2D eigenvalue weighted by atomic mass is 35.5. The Balaban J connectivity index is 2.13. The Bertz CT molecular complexity index is 858. The van der Waals surface area contributed by atoms with Gasteiger partial charge in [-0.15, -0.1) is 0 Å². The third kappa shape index (κ3) is 4.32. The number of benzene rings is 2. The first-order chi connectivity index (χ1) is 11.5. The van der Waals surface area contributed by atoms with Crippen LogP contribution in [0.5, 0.6) is 0 Å². The molecule has 0 saturated heterocycles. The van der Waals surface area contributed by atoms with E-state index < -0.39 is 10.8 Å². The van der Waals surface area contributed by atoms with Gasteiger partial charge in [0.1, 0.15) is 11.6 Å². The van der Waals surface area contributed by atoms with E-state index in [1.54, 1.807) is 30.3 Å². The van der Waals surface area contributed by atoms with Gasteiger partial charge in [-0.2, -0.15) is 5.26 Å². The Morgan fingerprint density at radius 3 is 2.67 bits per heavy atom. The van der Waals surface area contributed by atoms with E-state index in [0.29, 0.717) is 10.7 Å². The van der Waals surface area contributed by atoms with Gasteiger partial charge in [0.2, 0.25) is 0 Å². The van der Waals surface area contributed by atoms with Gasteiger partial charge in [-0.25, -0.2) is 0 Å². The molecule has 0 aliphatic rings. The highest BCUT2D eigenvalue weighted by Gasteiger charge is 2.12. The number of nitrogens with one attached hydrogen (secondary N) is 2. The first-order valence-electron chi connectivity index (χ1n) is 6.68. The normalized spacial score (nSPS) is 10.6. The maximum absolute atomic E-state index is 12.1. The van der Waals surface area contributed by atoms with Crippen LogP contribution < -0.4 is 10.6 Å². The lowest BCUT2D eigenvalue weighted by atomic mass is 10.2. The van der Waals surface area contributed by atoms with E-state index in [9.17, 15) is 14.9 Å². The van der Waals surface area contributed by atoms with Gasteiger partial charge in [0, 0.05) is 24.0 Å². The summed E-state index contributed by atoms with van der Waals surface area (Å²) in [6, 6.07) is 14.0.